The van der Waals surface area contributed by atoms with Gasteiger partial charge in [-0.3, -0.25) is 24.1 Å². The number of carbonyl (C=O) groups excluding carboxylic acids is 4. The highest BCUT2D eigenvalue weighted by Crippen LogP contribution is 2.67. The van der Waals surface area contributed by atoms with Crippen molar-refractivity contribution in [2.45, 2.75) is 41.9 Å². The molecule has 266 valence electrons. The Morgan fingerprint density at radius 1 is 0.769 bits per heavy atom. The van der Waals surface area contributed by atoms with E-state index in [0.717, 1.165) is 10.5 Å². The number of aryl methyl sites for hydroxylation is 1. The number of carbonyl (C=O) groups is 4. The van der Waals surface area contributed by atoms with Gasteiger partial charge >= 0.3 is 0 Å². The molecule has 2 saturated heterocycles. The van der Waals surface area contributed by atoms with Crippen molar-refractivity contribution in [2.75, 3.05) is 9.80 Å². The van der Waals surface area contributed by atoms with Crippen LogP contribution in [-0.4, -0.2) is 38.5 Å². The van der Waals surface area contributed by atoms with Gasteiger partial charge in [-0.2, -0.15) is 0 Å². The molecule has 7 nitrogen and oxygen atoms in total. The number of fused-ring (bicyclic) bond motifs is 5. The third-order valence-electron chi connectivity index (χ3n) is 11.1. The zero-order valence-corrected chi connectivity index (χ0v) is 28.4. The SMILES string of the molecule is CCc1ccc(N2C(=O)[C@H]3[C@H](CC=C4[C@H]3C[C@@]3(Cl)C(=O)N(c5c(F)c(F)c(F)c(F)c5F)C(=O)[C@@]3(Cl)[C@H]4c3c(O)ccc4ccccc34)C2=O)cc1. The highest BCUT2D eigenvalue weighted by atomic mass is 35.5. The molecule has 3 fully saturated rings. The van der Waals surface area contributed by atoms with Crippen molar-refractivity contribution in [3.63, 3.8) is 0 Å². The first kappa shape index (κ1) is 34.3. The fourth-order valence-electron chi connectivity index (χ4n) is 8.61. The van der Waals surface area contributed by atoms with E-state index in [-0.39, 0.29) is 22.5 Å². The van der Waals surface area contributed by atoms with E-state index in [1.54, 1.807) is 60.7 Å². The van der Waals surface area contributed by atoms with Crippen LogP contribution in [-0.2, 0) is 25.6 Å². The van der Waals surface area contributed by atoms with Crippen molar-refractivity contribution in [3.8, 4) is 5.75 Å². The summed E-state index contributed by atoms with van der Waals surface area (Å²) >= 11 is 14.5. The number of nitrogens with zero attached hydrogens (tertiary/aromatic N) is 2. The summed E-state index contributed by atoms with van der Waals surface area (Å²) in [6, 6.07) is 16.3. The molecule has 52 heavy (non-hydrogen) atoms. The van der Waals surface area contributed by atoms with Gasteiger partial charge in [-0.1, -0.05) is 61.0 Å². The molecule has 4 aliphatic rings. The minimum Gasteiger partial charge on any atom is -0.508 e. The number of rotatable bonds is 4. The number of imide groups is 2. The lowest BCUT2D eigenvalue weighted by molar-refractivity contribution is -0.125. The van der Waals surface area contributed by atoms with Crippen LogP contribution >= 0.6 is 23.2 Å². The lowest BCUT2D eigenvalue weighted by Gasteiger charge is -2.51. The highest BCUT2D eigenvalue weighted by molar-refractivity contribution is 6.58. The van der Waals surface area contributed by atoms with Gasteiger partial charge in [-0.05, 0) is 59.7 Å². The molecule has 4 aromatic carbocycles. The maximum Gasteiger partial charge on any atom is 0.258 e. The van der Waals surface area contributed by atoms with Crippen LogP contribution in [0, 0.1) is 46.8 Å². The Hall–Kier alpha value is -4.81. The quantitative estimate of drug-likeness (QED) is 0.0580. The maximum absolute atomic E-state index is 15.3. The lowest BCUT2D eigenvalue weighted by atomic mass is 9.56. The zero-order valence-electron chi connectivity index (χ0n) is 26.9. The normalized spacial score (nSPS) is 28.3. The first-order valence-corrected chi connectivity index (χ1v) is 17.1. The predicted molar refractivity (Wildman–Crippen MR) is 180 cm³/mol. The van der Waals surface area contributed by atoms with E-state index in [1.807, 2.05) is 6.92 Å². The summed E-state index contributed by atoms with van der Waals surface area (Å²) < 4.78 is 73.9. The van der Waals surface area contributed by atoms with Crippen LogP contribution in [0.15, 0.2) is 72.3 Å². The molecule has 0 radical (unpaired) electrons. The average Bonchev–Trinajstić information content (AvgIpc) is 3.48. The van der Waals surface area contributed by atoms with E-state index in [4.69, 9.17) is 23.2 Å². The van der Waals surface area contributed by atoms with Crippen LogP contribution < -0.4 is 9.80 Å². The highest BCUT2D eigenvalue weighted by Gasteiger charge is 2.77. The third kappa shape index (κ3) is 4.24. The Kier molecular flexibility index (Phi) is 7.65. The summed E-state index contributed by atoms with van der Waals surface area (Å²) in [4.78, 5) is 52.7. The first-order chi connectivity index (χ1) is 24.7. The molecule has 1 saturated carbocycles. The van der Waals surface area contributed by atoms with Crippen LogP contribution in [0.5, 0.6) is 5.75 Å². The summed E-state index contributed by atoms with van der Waals surface area (Å²) in [5.41, 5.74) is -0.398. The van der Waals surface area contributed by atoms with E-state index in [9.17, 15) is 37.5 Å². The summed E-state index contributed by atoms with van der Waals surface area (Å²) in [6.07, 6.45) is 1.62. The second-order valence-corrected chi connectivity index (χ2v) is 14.7. The molecule has 4 amide bonds. The van der Waals surface area contributed by atoms with Crippen molar-refractivity contribution in [1.82, 2.24) is 0 Å². The van der Waals surface area contributed by atoms with Crippen LogP contribution in [0.1, 0.15) is 36.8 Å². The Morgan fingerprint density at radius 3 is 2.06 bits per heavy atom. The van der Waals surface area contributed by atoms with Gasteiger partial charge in [0.05, 0.1) is 17.5 Å². The number of hydrogen-bond acceptors (Lipinski definition) is 5. The van der Waals surface area contributed by atoms with Crippen molar-refractivity contribution in [3.05, 3.63) is 113 Å². The monoisotopic (exact) mass is 754 g/mol. The van der Waals surface area contributed by atoms with Crippen molar-refractivity contribution >= 4 is 69.0 Å². The fraction of sp³-hybridized carbons (Fsp3) is 0.263. The Morgan fingerprint density at radius 2 is 1.40 bits per heavy atom. The van der Waals surface area contributed by atoms with Crippen molar-refractivity contribution in [2.24, 2.45) is 17.8 Å². The van der Waals surface area contributed by atoms with E-state index in [1.165, 1.54) is 6.07 Å². The number of amides is 4. The summed E-state index contributed by atoms with van der Waals surface area (Å²) in [5, 5.41) is 12.3. The molecule has 0 unspecified atom stereocenters. The van der Waals surface area contributed by atoms with Gasteiger partial charge < -0.3 is 5.11 Å². The molecule has 2 heterocycles. The molecular formula is C38H25Cl2F5N2O5. The molecule has 14 heteroatoms. The van der Waals surface area contributed by atoms with E-state index >= 15 is 8.78 Å². The fourth-order valence-corrected chi connectivity index (χ4v) is 9.52. The molecule has 0 spiro atoms. The number of halogens is 7. The van der Waals surface area contributed by atoms with Crippen LogP contribution in [0.3, 0.4) is 0 Å². The minimum absolute atomic E-state index is 0.0294. The van der Waals surface area contributed by atoms with Gasteiger partial charge in [-0.25, -0.2) is 26.9 Å². The van der Waals surface area contributed by atoms with Crippen LogP contribution in [0.2, 0.25) is 0 Å². The Bertz CT molecular complexity index is 2310. The van der Waals surface area contributed by atoms with E-state index < -0.39 is 104 Å². The number of anilines is 2. The summed E-state index contributed by atoms with van der Waals surface area (Å²) in [7, 11) is 0. The number of aromatic hydroxyl groups is 1. The summed E-state index contributed by atoms with van der Waals surface area (Å²) in [6.45, 7) is 1.94. The second kappa shape index (κ2) is 11.6. The molecule has 1 N–H and O–H groups in total. The molecule has 0 bridgehead atoms. The molecule has 8 rings (SSSR count). The number of alkyl halides is 2. The van der Waals surface area contributed by atoms with Gasteiger partial charge in [0.2, 0.25) is 17.6 Å². The van der Waals surface area contributed by atoms with Crippen molar-refractivity contribution < 1.29 is 46.2 Å². The summed E-state index contributed by atoms with van der Waals surface area (Å²) in [5.74, 6) is -21.9. The zero-order chi connectivity index (χ0) is 37.2. The average molecular weight is 756 g/mol. The molecule has 4 aromatic rings. The standard InChI is InChI=1S/C38H25Cl2F5N2O5/c1-2-16-7-10-18(11-8-16)46-33(49)21-13-12-20-22(24(21)34(46)50)15-37(39)35(51)47(32-30(44)28(42)27(41)29(43)31(32)45)36(52)38(37,40)26(20)25-19-6-4-3-5-17(19)9-14-23(25)48/h3-12,14,21-22,24,26,48H,2,13,15H2,1H3/t21-,22+,24-,26+,37+,38-/m0/s1. The predicted octanol–water partition coefficient (Wildman–Crippen LogP) is 7.57. The van der Waals surface area contributed by atoms with Crippen LogP contribution in [0.4, 0.5) is 33.3 Å². The first-order valence-electron chi connectivity index (χ1n) is 16.3. The van der Waals surface area contributed by atoms with Crippen LogP contribution in [0.25, 0.3) is 10.8 Å². The van der Waals surface area contributed by atoms with Gasteiger partial charge in [0.1, 0.15) is 11.4 Å². The number of allylic oxidation sites excluding steroid dienone is 2. The Balaban J connectivity index is 1.36. The van der Waals surface area contributed by atoms with Gasteiger partial charge in [-0.15, -0.1) is 23.2 Å². The second-order valence-electron chi connectivity index (χ2n) is 13.4. The van der Waals surface area contributed by atoms with E-state index in [0.29, 0.717) is 22.9 Å². The maximum atomic E-state index is 15.3. The van der Waals surface area contributed by atoms with Gasteiger partial charge in [0, 0.05) is 11.5 Å². The molecule has 6 atom stereocenters. The third-order valence-corrected chi connectivity index (χ3v) is 12.5. The molecular weight excluding hydrogens is 730 g/mol. The molecule has 2 aliphatic heterocycles. The largest absolute Gasteiger partial charge is 0.508 e. The number of hydrogen-bond donors (Lipinski definition) is 1. The van der Waals surface area contributed by atoms with Gasteiger partial charge in [0.15, 0.2) is 33.0 Å². The van der Waals surface area contributed by atoms with Gasteiger partial charge in [0.25, 0.3) is 11.8 Å². The topological polar surface area (TPSA) is 95.0 Å². The van der Waals surface area contributed by atoms with Crippen molar-refractivity contribution in [1.29, 1.82) is 0 Å². The number of phenols is 1. The lowest BCUT2D eigenvalue weighted by Crippen LogP contribution is -2.60. The molecule has 0 aromatic heterocycles. The smallest absolute Gasteiger partial charge is 0.258 e. The molecule has 2 aliphatic carbocycles. The minimum atomic E-state index is -2.76. The number of phenolic OH excluding ortho intramolecular Hbond substituents is 1. The number of benzene rings is 4. The Labute approximate surface area is 302 Å². The van der Waals surface area contributed by atoms with E-state index in [2.05, 4.69) is 0 Å².